The van der Waals surface area contributed by atoms with Gasteiger partial charge in [-0.2, -0.15) is 0 Å². The lowest BCUT2D eigenvalue weighted by atomic mass is 9.91. The number of nitrogens with one attached hydrogen (secondary N) is 1. The van der Waals surface area contributed by atoms with E-state index in [0.29, 0.717) is 5.02 Å². The third kappa shape index (κ3) is 4.59. The topological polar surface area (TPSA) is 38.3 Å². The van der Waals surface area contributed by atoms with Gasteiger partial charge in [0, 0.05) is 18.0 Å². The molecule has 0 aromatic heterocycles. The average Bonchev–Trinajstić information content (AvgIpc) is 2.55. The van der Waals surface area contributed by atoms with Crippen molar-refractivity contribution >= 4 is 17.5 Å². The van der Waals surface area contributed by atoms with Crippen LogP contribution in [0.5, 0.6) is 0 Å². The minimum atomic E-state index is -0.0263. The molecule has 0 aliphatic carbocycles. The van der Waals surface area contributed by atoms with E-state index in [1.807, 2.05) is 42.5 Å². The second kappa shape index (κ2) is 7.82. The van der Waals surface area contributed by atoms with Crippen LogP contribution in [0, 0.1) is 0 Å². The van der Waals surface area contributed by atoms with Crippen LogP contribution < -0.4 is 5.32 Å². The van der Waals surface area contributed by atoms with Gasteiger partial charge in [0.05, 0.1) is 12.2 Å². The molecule has 0 saturated carbocycles. The van der Waals surface area contributed by atoms with Gasteiger partial charge in [-0.25, -0.2) is 0 Å². The first kappa shape index (κ1) is 17.0. The molecule has 2 aromatic carbocycles. The summed E-state index contributed by atoms with van der Waals surface area (Å²) in [6, 6.07) is 18.2. The van der Waals surface area contributed by atoms with E-state index in [4.69, 9.17) is 16.3 Å². The van der Waals surface area contributed by atoms with Crippen LogP contribution in [0.15, 0.2) is 54.6 Å². The standard InChI is InChI=1S/C20H22ClNO2/c1-14(23)22-18-12-19(11-15-5-3-2-4-6-15)24-20(13-18)16-7-9-17(21)10-8-16/h2-10,18-20H,11-13H2,1H3,(H,22,23)/t18-,19+,20+/m1/s1. The predicted octanol–water partition coefficient (Wildman–Crippen LogP) is 4.31. The summed E-state index contributed by atoms with van der Waals surface area (Å²) in [6.07, 6.45) is 2.52. The van der Waals surface area contributed by atoms with Gasteiger partial charge in [0.15, 0.2) is 0 Å². The summed E-state index contributed by atoms with van der Waals surface area (Å²) >= 11 is 5.99. The number of hydrogen-bond donors (Lipinski definition) is 1. The lowest BCUT2D eigenvalue weighted by Gasteiger charge is -2.36. The fraction of sp³-hybridized carbons (Fsp3) is 0.350. The number of hydrogen-bond acceptors (Lipinski definition) is 2. The second-order valence-corrected chi connectivity index (χ2v) is 6.79. The molecule has 0 radical (unpaired) electrons. The first-order chi connectivity index (χ1) is 11.6. The summed E-state index contributed by atoms with van der Waals surface area (Å²) in [4.78, 5) is 11.5. The largest absolute Gasteiger partial charge is 0.370 e. The maximum absolute atomic E-state index is 11.5. The van der Waals surface area contributed by atoms with Crippen molar-refractivity contribution < 1.29 is 9.53 Å². The SMILES string of the molecule is CC(=O)N[C@@H]1C[C@H](Cc2ccccc2)O[C@H](c2ccc(Cl)cc2)C1. The minimum Gasteiger partial charge on any atom is -0.370 e. The number of carbonyl (C=O) groups is 1. The third-order valence-electron chi connectivity index (χ3n) is 4.36. The summed E-state index contributed by atoms with van der Waals surface area (Å²) in [5.74, 6) is 0.00946. The van der Waals surface area contributed by atoms with Gasteiger partial charge in [-0.15, -0.1) is 0 Å². The van der Waals surface area contributed by atoms with Crippen molar-refractivity contribution in [1.29, 1.82) is 0 Å². The highest BCUT2D eigenvalue weighted by atomic mass is 35.5. The van der Waals surface area contributed by atoms with Gasteiger partial charge >= 0.3 is 0 Å². The van der Waals surface area contributed by atoms with Crippen LogP contribution in [0.2, 0.25) is 5.02 Å². The molecule has 3 atom stereocenters. The number of benzene rings is 2. The van der Waals surface area contributed by atoms with Crippen LogP contribution in [0.1, 0.15) is 37.0 Å². The number of carbonyl (C=O) groups excluding carboxylic acids is 1. The first-order valence-corrected chi connectivity index (χ1v) is 8.70. The van der Waals surface area contributed by atoms with E-state index in [2.05, 4.69) is 17.4 Å². The molecule has 1 aliphatic heterocycles. The lowest BCUT2D eigenvalue weighted by Crippen LogP contribution is -2.42. The molecule has 1 amide bonds. The second-order valence-electron chi connectivity index (χ2n) is 6.36. The molecule has 2 aromatic rings. The molecule has 1 N–H and O–H groups in total. The highest BCUT2D eigenvalue weighted by Crippen LogP contribution is 2.33. The Labute approximate surface area is 148 Å². The summed E-state index contributed by atoms with van der Waals surface area (Å²) in [6.45, 7) is 1.57. The Balaban J connectivity index is 1.76. The van der Waals surface area contributed by atoms with Crippen LogP contribution in [-0.2, 0) is 16.0 Å². The summed E-state index contributed by atoms with van der Waals surface area (Å²) in [5, 5.41) is 3.78. The van der Waals surface area contributed by atoms with E-state index >= 15 is 0 Å². The number of rotatable bonds is 4. The van der Waals surface area contributed by atoms with Gasteiger partial charge in [0.2, 0.25) is 5.91 Å². The minimum absolute atomic E-state index is 0.00946. The summed E-state index contributed by atoms with van der Waals surface area (Å²) in [5.41, 5.74) is 2.35. The van der Waals surface area contributed by atoms with Gasteiger partial charge in [0.25, 0.3) is 0 Å². The van der Waals surface area contributed by atoms with Gasteiger partial charge in [-0.1, -0.05) is 54.1 Å². The molecule has 24 heavy (non-hydrogen) atoms. The molecule has 1 aliphatic rings. The van der Waals surface area contributed by atoms with Crippen molar-refractivity contribution in [2.24, 2.45) is 0 Å². The van der Waals surface area contributed by atoms with Crippen molar-refractivity contribution in [3.05, 3.63) is 70.7 Å². The Morgan fingerprint density at radius 2 is 1.83 bits per heavy atom. The smallest absolute Gasteiger partial charge is 0.217 e. The van der Waals surface area contributed by atoms with Gasteiger partial charge in [0.1, 0.15) is 0 Å². The number of amides is 1. The summed E-state index contributed by atoms with van der Waals surface area (Å²) < 4.78 is 6.33. The Bertz CT molecular complexity index is 672. The van der Waals surface area contributed by atoms with E-state index in [9.17, 15) is 4.79 Å². The Kier molecular flexibility index (Phi) is 5.54. The van der Waals surface area contributed by atoms with Crippen LogP contribution in [-0.4, -0.2) is 18.1 Å². The zero-order valence-corrected chi connectivity index (χ0v) is 14.5. The maximum Gasteiger partial charge on any atom is 0.217 e. The van der Waals surface area contributed by atoms with Crippen LogP contribution in [0.25, 0.3) is 0 Å². The average molecular weight is 344 g/mol. The fourth-order valence-corrected chi connectivity index (χ4v) is 3.45. The fourth-order valence-electron chi connectivity index (χ4n) is 3.32. The van der Waals surface area contributed by atoms with E-state index in [0.717, 1.165) is 24.8 Å². The molecule has 1 saturated heterocycles. The summed E-state index contributed by atoms with van der Waals surface area (Å²) in [7, 11) is 0. The maximum atomic E-state index is 11.5. The molecule has 4 heteroatoms. The van der Waals surface area contributed by atoms with E-state index in [-0.39, 0.29) is 24.2 Å². The van der Waals surface area contributed by atoms with Crippen molar-refractivity contribution in [3.8, 4) is 0 Å². The molecular formula is C20H22ClNO2. The van der Waals surface area contributed by atoms with Gasteiger partial charge in [-0.3, -0.25) is 4.79 Å². The molecule has 126 valence electrons. The Hall–Kier alpha value is -1.84. The van der Waals surface area contributed by atoms with Crippen LogP contribution >= 0.6 is 11.6 Å². The molecule has 0 unspecified atom stereocenters. The zero-order chi connectivity index (χ0) is 16.9. The quantitative estimate of drug-likeness (QED) is 0.898. The highest BCUT2D eigenvalue weighted by Gasteiger charge is 2.31. The third-order valence-corrected chi connectivity index (χ3v) is 4.61. The molecule has 0 spiro atoms. The normalized spacial score (nSPS) is 23.7. The van der Waals surface area contributed by atoms with Crippen molar-refractivity contribution in [2.75, 3.05) is 0 Å². The van der Waals surface area contributed by atoms with E-state index in [1.165, 1.54) is 5.56 Å². The first-order valence-electron chi connectivity index (χ1n) is 8.32. The van der Waals surface area contributed by atoms with E-state index < -0.39 is 0 Å². The molecule has 1 fully saturated rings. The molecule has 1 heterocycles. The molecule has 3 nitrogen and oxygen atoms in total. The van der Waals surface area contributed by atoms with Crippen molar-refractivity contribution in [2.45, 2.75) is 44.4 Å². The molecule has 3 rings (SSSR count). The predicted molar refractivity (Wildman–Crippen MR) is 96.1 cm³/mol. The molecular weight excluding hydrogens is 322 g/mol. The highest BCUT2D eigenvalue weighted by molar-refractivity contribution is 6.30. The van der Waals surface area contributed by atoms with Crippen LogP contribution in [0.3, 0.4) is 0 Å². The van der Waals surface area contributed by atoms with Crippen molar-refractivity contribution in [1.82, 2.24) is 5.32 Å². The Morgan fingerprint density at radius 1 is 1.12 bits per heavy atom. The lowest BCUT2D eigenvalue weighted by molar-refractivity contribution is -0.122. The zero-order valence-electron chi connectivity index (χ0n) is 13.7. The van der Waals surface area contributed by atoms with E-state index in [1.54, 1.807) is 6.92 Å². The molecule has 0 bridgehead atoms. The number of halogens is 1. The van der Waals surface area contributed by atoms with Crippen molar-refractivity contribution in [3.63, 3.8) is 0 Å². The number of ether oxygens (including phenoxy) is 1. The van der Waals surface area contributed by atoms with Gasteiger partial charge < -0.3 is 10.1 Å². The Morgan fingerprint density at radius 3 is 2.50 bits per heavy atom. The van der Waals surface area contributed by atoms with Gasteiger partial charge in [-0.05, 0) is 42.5 Å². The van der Waals surface area contributed by atoms with Crippen LogP contribution in [0.4, 0.5) is 0 Å². The monoisotopic (exact) mass is 343 g/mol.